The third-order valence-electron chi connectivity index (χ3n) is 2.46. The van der Waals surface area contributed by atoms with E-state index >= 15 is 0 Å². The van der Waals surface area contributed by atoms with Gasteiger partial charge in [0.05, 0.1) is 11.9 Å². The lowest BCUT2D eigenvalue weighted by atomic mass is 10.0. The van der Waals surface area contributed by atoms with Gasteiger partial charge in [0, 0.05) is 11.4 Å². The highest BCUT2D eigenvalue weighted by molar-refractivity contribution is 6.30. The average molecular weight is 251 g/mol. The maximum Gasteiger partial charge on any atom is 0.303 e. The van der Waals surface area contributed by atoms with Crippen LogP contribution in [0.5, 0.6) is 0 Å². The summed E-state index contributed by atoms with van der Waals surface area (Å²) < 4.78 is 0. The number of aryl methyl sites for hydroxylation is 1. The van der Waals surface area contributed by atoms with Crippen LogP contribution in [0.15, 0.2) is 30.5 Å². The van der Waals surface area contributed by atoms with E-state index in [0.717, 1.165) is 16.8 Å². The lowest BCUT2D eigenvalue weighted by Crippen LogP contribution is -1.97. The molecule has 0 unspecified atom stereocenters. The monoisotopic (exact) mass is 250 g/mol. The van der Waals surface area contributed by atoms with Crippen LogP contribution in [0.25, 0.3) is 11.3 Å². The number of aliphatic carboxylic acids is 1. The number of nitrogens with zero attached hydrogens (tertiary/aromatic N) is 1. The smallest absolute Gasteiger partial charge is 0.303 e. The van der Waals surface area contributed by atoms with Crippen molar-refractivity contribution in [3.63, 3.8) is 0 Å². The van der Waals surface area contributed by atoms with Gasteiger partial charge in [0.1, 0.15) is 0 Å². The molecule has 1 heterocycles. The molecule has 0 aliphatic carbocycles. The van der Waals surface area contributed by atoms with Crippen molar-refractivity contribution in [2.24, 2.45) is 0 Å². The van der Waals surface area contributed by atoms with Gasteiger partial charge in [0.2, 0.25) is 0 Å². The fourth-order valence-corrected chi connectivity index (χ4v) is 1.73. The molecule has 0 bridgehead atoms. The van der Waals surface area contributed by atoms with Crippen LogP contribution < -0.4 is 0 Å². The predicted octanol–water partition coefficient (Wildman–Crippen LogP) is 2.75. The first kappa shape index (κ1) is 11.7. The minimum Gasteiger partial charge on any atom is -0.481 e. The first-order valence-electron chi connectivity index (χ1n) is 5.17. The van der Waals surface area contributed by atoms with Gasteiger partial charge in [0.15, 0.2) is 0 Å². The van der Waals surface area contributed by atoms with Crippen molar-refractivity contribution in [1.82, 2.24) is 10.2 Å². The van der Waals surface area contributed by atoms with Gasteiger partial charge < -0.3 is 5.11 Å². The molecule has 0 aliphatic rings. The van der Waals surface area contributed by atoms with E-state index in [1.54, 1.807) is 18.3 Å². The molecular weight excluding hydrogens is 240 g/mol. The minimum atomic E-state index is -0.812. The Morgan fingerprint density at radius 2 is 2.06 bits per heavy atom. The Balaban J connectivity index is 2.24. The van der Waals surface area contributed by atoms with Gasteiger partial charge in [-0.05, 0) is 29.7 Å². The zero-order valence-electron chi connectivity index (χ0n) is 8.98. The van der Waals surface area contributed by atoms with Crippen molar-refractivity contribution in [3.05, 3.63) is 41.0 Å². The van der Waals surface area contributed by atoms with Crippen molar-refractivity contribution in [2.75, 3.05) is 0 Å². The molecule has 1 aromatic carbocycles. The molecule has 0 radical (unpaired) electrons. The maximum atomic E-state index is 10.5. The van der Waals surface area contributed by atoms with Crippen LogP contribution in [0.1, 0.15) is 12.0 Å². The second-order valence-electron chi connectivity index (χ2n) is 3.67. The number of carboxylic acids is 1. The van der Waals surface area contributed by atoms with Gasteiger partial charge in [0.25, 0.3) is 0 Å². The molecule has 0 fully saturated rings. The molecule has 2 aromatic rings. The average Bonchev–Trinajstić information content (AvgIpc) is 2.75. The Hall–Kier alpha value is -1.81. The highest BCUT2D eigenvalue weighted by Crippen LogP contribution is 2.23. The summed E-state index contributed by atoms with van der Waals surface area (Å²) >= 11 is 5.81. The summed E-state index contributed by atoms with van der Waals surface area (Å²) in [5, 5.41) is 16.2. The molecule has 0 aliphatic heterocycles. The SMILES string of the molecule is O=C(O)CCc1cn[nH]c1-c1ccc(Cl)cc1. The summed E-state index contributed by atoms with van der Waals surface area (Å²) in [5.74, 6) is -0.812. The van der Waals surface area contributed by atoms with E-state index in [1.807, 2.05) is 12.1 Å². The lowest BCUT2D eigenvalue weighted by molar-refractivity contribution is -0.136. The van der Waals surface area contributed by atoms with Crippen molar-refractivity contribution >= 4 is 17.6 Å². The quantitative estimate of drug-likeness (QED) is 0.877. The maximum absolute atomic E-state index is 10.5. The van der Waals surface area contributed by atoms with Gasteiger partial charge >= 0.3 is 5.97 Å². The van der Waals surface area contributed by atoms with Gasteiger partial charge in [-0.3, -0.25) is 9.89 Å². The number of carboxylic acid groups (broad SMARTS) is 1. The minimum absolute atomic E-state index is 0.0973. The molecule has 2 N–H and O–H groups in total. The second kappa shape index (κ2) is 5.01. The third kappa shape index (κ3) is 2.85. The summed E-state index contributed by atoms with van der Waals surface area (Å²) in [6.07, 6.45) is 2.22. The number of nitrogens with one attached hydrogen (secondary N) is 1. The molecular formula is C12H11ClN2O2. The first-order valence-corrected chi connectivity index (χ1v) is 5.54. The van der Waals surface area contributed by atoms with E-state index in [0.29, 0.717) is 11.4 Å². The van der Waals surface area contributed by atoms with Gasteiger partial charge in [-0.2, -0.15) is 5.10 Å². The molecule has 1 aromatic heterocycles. The Labute approximate surface area is 103 Å². The molecule has 0 amide bonds. The molecule has 88 valence electrons. The second-order valence-corrected chi connectivity index (χ2v) is 4.11. The number of aromatic amines is 1. The highest BCUT2D eigenvalue weighted by atomic mass is 35.5. The molecule has 4 nitrogen and oxygen atoms in total. The van der Waals surface area contributed by atoms with Crippen LogP contribution in [-0.4, -0.2) is 21.3 Å². The summed E-state index contributed by atoms with van der Waals surface area (Å²) in [6.45, 7) is 0. The van der Waals surface area contributed by atoms with Crippen molar-refractivity contribution in [2.45, 2.75) is 12.8 Å². The number of hydrogen-bond donors (Lipinski definition) is 2. The van der Waals surface area contributed by atoms with Crippen LogP contribution in [0.4, 0.5) is 0 Å². The van der Waals surface area contributed by atoms with Crippen molar-refractivity contribution in [3.8, 4) is 11.3 Å². The number of aromatic nitrogens is 2. The van der Waals surface area contributed by atoms with Crippen LogP contribution in [-0.2, 0) is 11.2 Å². The summed E-state index contributed by atoms with van der Waals surface area (Å²) in [4.78, 5) is 10.5. The van der Waals surface area contributed by atoms with Crippen LogP contribution in [0, 0.1) is 0 Å². The first-order chi connectivity index (χ1) is 8.16. The molecule has 17 heavy (non-hydrogen) atoms. The third-order valence-corrected chi connectivity index (χ3v) is 2.71. The summed E-state index contributed by atoms with van der Waals surface area (Å²) in [5.41, 5.74) is 2.70. The largest absolute Gasteiger partial charge is 0.481 e. The molecule has 5 heteroatoms. The topological polar surface area (TPSA) is 66.0 Å². The van der Waals surface area contributed by atoms with Gasteiger partial charge in [-0.25, -0.2) is 0 Å². The highest BCUT2D eigenvalue weighted by Gasteiger charge is 2.09. The summed E-state index contributed by atoms with van der Waals surface area (Å²) in [7, 11) is 0. The Morgan fingerprint density at radius 1 is 1.35 bits per heavy atom. The van der Waals surface area contributed by atoms with E-state index in [-0.39, 0.29) is 6.42 Å². The predicted molar refractivity (Wildman–Crippen MR) is 65.0 cm³/mol. The number of benzene rings is 1. The number of H-pyrrole nitrogens is 1. The Bertz CT molecular complexity index is 520. The van der Waals surface area contributed by atoms with E-state index in [2.05, 4.69) is 10.2 Å². The molecule has 0 saturated heterocycles. The molecule has 0 saturated carbocycles. The normalized spacial score (nSPS) is 10.4. The number of hydrogen-bond acceptors (Lipinski definition) is 2. The van der Waals surface area contributed by atoms with E-state index in [4.69, 9.17) is 16.7 Å². The fourth-order valence-electron chi connectivity index (χ4n) is 1.61. The van der Waals surface area contributed by atoms with E-state index < -0.39 is 5.97 Å². The lowest BCUT2D eigenvalue weighted by Gasteiger charge is -2.02. The zero-order valence-corrected chi connectivity index (χ0v) is 9.74. The number of halogens is 1. The van der Waals surface area contributed by atoms with E-state index in [9.17, 15) is 4.79 Å². The van der Waals surface area contributed by atoms with Crippen LogP contribution >= 0.6 is 11.6 Å². The summed E-state index contributed by atoms with van der Waals surface area (Å²) in [6, 6.07) is 7.33. The van der Waals surface area contributed by atoms with E-state index in [1.165, 1.54) is 0 Å². The van der Waals surface area contributed by atoms with Crippen LogP contribution in [0.2, 0.25) is 5.02 Å². The Kier molecular flexibility index (Phi) is 3.44. The van der Waals surface area contributed by atoms with Crippen LogP contribution in [0.3, 0.4) is 0 Å². The number of carbonyl (C=O) groups is 1. The van der Waals surface area contributed by atoms with Gasteiger partial charge in [-0.1, -0.05) is 23.7 Å². The zero-order chi connectivity index (χ0) is 12.3. The fraction of sp³-hybridized carbons (Fsp3) is 0.167. The van der Waals surface area contributed by atoms with Gasteiger partial charge in [-0.15, -0.1) is 0 Å². The Morgan fingerprint density at radius 3 is 2.71 bits per heavy atom. The molecule has 2 rings (SSSR count). The number of rotatable bonds is 4. The molecule has 0 atom stereocenters. The van der Waals surface area contributed by atoms with Crippen molar-refractivity contribution < 1.29 is 9.90 Å². The standard InChI is InChI=1S/C12H11ClN2O2/c13-10-4-1-8(2-5-10)12-9(7-14-15-12)3-6-11(16)17/h1-2,4-5,7H,3,6H2,(H,14,15)(H,16,17). The molecule has 0 spiro atoms. The van der Waals surface area contributed by atoms with Crippen molar-refractivity contribution in [1.29, 1.82) is 0 Å².